The van der Waals surface area contributed by atoms with Gasteiger partial charge in [-0.2, -0.15) is 0 Å². The van der Waals surface area contributed by atoms with Gasteiger partial charge in [0.15, 0.2) is 0 Å². The van der Waals surface area contributed by atoms with E-state index in [1.807, 2.05) is 60.4 Å². The summed E-state index contributed by atoms with van der Waals surface area (Å²) in [5.41, 5.74) is 3.90. The second-order valence-electron chi connectivity index (χ2n) is 10.8. The third-order valence-electron chi connectivity index (χ3n) is 7.21. The molecule has 2 aromatic carbocycles. The van der Waals surface area contributed by atoms with Gasteiger partial charge in [0.2, 0.25) is 5.91 Å². The summed E-state index contributed by atoms with van der Waals surface area (Å²) in [4.78, 5) is 40.6. The zero-order valence-electron chi connectivity index (χ0n) is 24.9. The summed E-state index contributed by atoms with van der Waals surface area (Å²) in [5, 5.41) is 6.10. The number of likely N-dealkylation sites (N-methyl/N-ethyl adjacent to an activating group) is 1. The lowest BCUT2D eigenvalue weighted by Crippen LogP contribution is -2.49. The Morgan fingerprint density at radius 2 is 1.68 bits per heavy atom. The number of carbonyl (C=O) groups excluding carboxylic acids is 2. The number of aromatic nitrogens is 2. The van der Waals surface area contributed by atoms with Gasteiger partial charge < -0.3 is 25.3 Å². The first-order valence-electron chi connectivity index (χ1n) is 14.5. The molecule has 0 unspecified atom stereocenters. The Morgan fingerprint density at radius 1 is 0.932 bits per heavy atom. The van der Waals surface area contributed by atoms with Gasteiger partial charge in [-0.25, -0.2) is 14.4 Å². The molecule has 5 rings (SSSR count). The van der Waals surface area contributed by atoms with E-state index in [2.05, 4.69) is 20.5 Å². The van der Waals surface area contributed by atoms with Crippen LogP contribution in [-0.2, 0) is 11.3 Å². The highest BCUT2D eigenvalue weighted by molar-refractivity contribution is 6.00. The van der Waals surface area contributed by atoms with Crippen LogP contribution in [0.15, 0.2) is 97.2 Å². The third-order valence-corrected chi connectivity index (χ3v) is 7.21. The van der Waals surface area contributed by atoms with E-state index in [9.17, 15) is 14.0 Å². The van der Waals surface area contributed by atoms with E-state index in [-0.39, 0.29) is 17.6 Å². The minimum absolute atomic E-state index is 0.0318. The lowest BCUT2D eigenvalue weighted by atomic mass is 10.1. The fourth-order valence-corrected chi connectivity index (χ4v) is 4.79. The molecule has 1 aliphatic rings. The fraction of sp³-hybridized carbons (Fsp3) is 0.235. The predicted molar refractivity (Wildman–Crippen MR) is 172 cm³/mol. The van der Waals surface area contributed by atoms with E-state index in [1.54, 1.807) is 42.5 Å². The van der Waals surface area contributed by atoms with Crippen LogP contribution < -0.4 is 15.5 Å². The van der Waals surface area contributed by atoms with Gasteiger partial charge in [0, 0.05) is 68.4 Å². The van der Waals surface area contributed by atoms with Crippen LogP contribution in [-0.4, -0.2) is 78.4 Å². The lowest BCUT2D eigenvalue weighted by molar-refractivity contribution is -0.111. The second-order valence-corrected chi connectivity index (χ2v) is 10.8. The third kappa shape index (κ3) is 8.26. The van der Waals surface area contributed by atoms with Gasteiger partial charge in [0.1, 0.15) is 17.5 Å². The number of pyridine rings is 2. The highest BCUT2D eigenvalue weighted by Gasteiger charge is 2.23. The molecule has 2 amide bonds. The Labute approximate surface area is 257 Å². The Hall–Kier alpha value is -5.09. The molecule has 0 atom stereocenters. The number of nitrogens with one attached hydrogen (secondary N) is 2. The molecule has 0 saturated carbocycles. The minimum Gasteiger partial charge on any atom is -0.366 e. The largest absolute Gasteiger partial charge is 0.366 e. The molecule has 9 nitrogen and oxygen atoms in total. The van der Waals surface area contributed by atoms with Crippen molar-refractivity contribution in [1.29, 1.82) is 0 Å². The topological polar surface area (TPSA) is 93.7 Å². The van der Waals surface area contributed by atoms with Crippen molar-refractivity contribution in [3.8, 4) is 11.3 Å². The molecule has 2 aromatic heterocycles. The molecule has 4 aromatic rings. The number of piperazine rings is 1. The van der Waals surface area contributed by atoms with Crippen LogP contribution in [0.2, 0.25) is 0 Å². The summed E-state index contributed by atoms with van der Waals surface area (Å²) >= 11 is 0. The van der Waals surface area contributed by atoms with Crippen molar-refractivity contribution in [2.45, 2.75) is 6.54 Å². The zero-order chi connectivity index (χ0) is 30.9. The normalized spacial score (nSPS) is 13.4. The molecule has 0 bridgehead atoms. The van der Waals surface area contributed by atoms with Gasteiger partial charge in [-0.1, -0.05) is 24.3 Å². The van der Waals surface area contributed by atoms with Crippen LogP contribution in [0.4, 0.5) is 21.7 Å². The second kappa shape index (κ2) is 14.4. The van der Waals surface area contributed by atoms with Gasteiger partial charge in [0.05, 0.1) is 5.69 Å². The van der Waals surface area contributed by atoms with Crippen LogP contribution in [0.25, 0.3) is 11.3 Å². The van der Waals surface area contributed by atoms with Gasteiger partial charge in [-0.3, -0.25) is 9.59 Å². The van der Waals surface area contributed by atoms with Crippen molar-refractivity contribution in [2.24, 2.45) is 0 Å². The van der Waals surface area contributed by atoms with E-state index < -0.39 is 0 Å². The van der Waals surface area contributed by atoms with Crippen molar-refractivity contribution in [3.05, 3.63) is 114 Å². The molecule has 0 radical (unpaired) electrons. The maximum Gasteiger partial charge on any atom is 0.253 e. The molecule has 1 aliphatic heterocycles. The number of hydrogen-bond donors (Lipinski definition) is 2. The molecule has 0 aliphatic carbocycles. The minimum atomic E-state index is -0.255. The Kier molecular flexibility index (Phi) is 9.93. The Balaban J connectivity index is 1.11. The molecule has 2 N–H and O–H groups in total. The summed E-state index contributed by atoms with van der Waals surface area (Å²) in [6.45, 7) is 3.74. The number of rotatable bonds is 10. The molecule has 10 heteroatoms. The molecule has 3 heterocycles. The first-order chi connectivity index (χ1) is 21.3. The van der Waals surface area contributed by atoms with Crippen molar-refractivity contribution in [3.63, 3.8) is 0 Å². The molecule has 44 heavy (non-hydrogen) atoms. The average Bonchev–Trinajstić information content (AvgIpc) is 3.05. The maximum atomic E-state index is 13.2. The Bertz CT molecular complexity index is 1580. The predicted octanol–water partition coefficient (Wildman–Crippen LogP) is 4.91. The summed E-state index contributed by atoms with van der Waals surface area (Å²) in [5.74, 6) is 1.09. The maximum absolute atomic E-state index is 13.2. The van der Waals surface area contributed by atoms with Gasteiger partial charge >= 0.3 is 0 Å². The number of benzene rings is 2. The van der Waals surface area contributed by atoms with Gasteiger partial charge in [0.25, 0.3) is 5.91 Å². The van der Waals surface area contributed by atoms with Crippen LogP contribution in [0.3, 0.4) is 0 Å². The van der Waals surface area contributed by atoms with Crippen molar-refractivity contribution in [2.75, 3.05) is 62.4 Å². The van der Waals surface area contributed by atoms with E-state index in [1.165, 1.54) is 18.2 Å². The standard InChI is InChI=1S/C34H36FN7O2/c1-40(2)18-4-7-33(43)38-29-15-10-26(11-16-29)34(44)42-21-19-41(20-22-42)32-17-12-27(24-37-32)30-5-3-6-31(39-30)36-23-25-8-13-28(35)14-9-25/h3-17,24H,18-23H2,1-2H3,(H,36,39)(H,38,43)/b7-4+. The number of nitrogens with zero attached hydrogens (tertiary/aromatic N) is 5. The molecule has 226 valence electrons. The van der Waals surface area contributed by atoms with E-state index >= 15 is 0 Å². The van der Waals surface area contributed by atoms with E-state index in [0.29, 0.717) is 50.5 Å². The fourth-order valence-electron chi connectivity index (χ4n) is 4.79. The first-order valence-corrected chi connectivity index (χ1v) is 14.5. The summed E-state index contributed by atoms with van der Waals surface area (Å²) in [6.07, 6.45) is 5.12. The highest BCUT2D eigenvalue weighted by atomic mass is 19.1. The molecule has 1 saturated heterocycles. The van der Waals surface area contributed by atoms with Gasteiger partial charge in [-0.15, -0.1) is 0 Å². The van der Waals surface area contributed by atoms with E-state index in [4.69, 9.17) is 4.98 Å². The number of amides is 2. The molecular formula is C34H36FN7O2. The zero-order valence-corrected chi connectivity index (χ0v) is 24.9. The number of carbonyl (C=O) groups is 2. The monoisotopic (exact) mass is 593 g/mol. The van der Waals surface area contributed by atoms with Crippen molar-refractivity contribution < 1.29 is 14.0 Å². The average molecular weight is 594 g/mol. The SMILES string of the molecule is CN(C)C/C=C/C(=O)Nc1ccc(C(=O)N2CCN(c3ccc(-c4cccc(NCc5ccc(F)cc5)n4)cn3)CC2)cc1. The molecular weight excluding hydrogens is 557 g/mol. The van der Waals surface area contributed by atoms with Crippen LogP contribution in [0.5, 0.6) is 0 Å². The first kappa shape index (κ1) is 30.4. The van der Waals surface area contributed by atoms with Crippen LogP contribution in [0.1, 0.15) is 15.9 Å². The summed E-state index contributed by atoms with van der Waals surface area (Å²) < 4.78 is 13.2. The smallest absolute Gasteiger partial charge is 0.253 e. The van der Waals surface area contributed by atoms with Crippen molar-refractivity contribution >= 4 is 29.1 Å². The summed E-state index contributed by atoms with van der Waals surface area (Å²) in [7, 11) is 3.87. The van der Waals surface area contributed by atoms with E-state index in [0.717, 1.165) is 28.5 Å². The van der Waals surface area contributed by atoms with Crippen LogP contribution >= 0.6 is 0 Å². The quantitative estimate of drug-likeness (QED) is 0.252. The highest BCUT2D eigenvalue weighted by Crippen LogP contribution is 2.22. The number of anilines is 3. The molecule has 0 spiro atoms. The Morgan fingerprint density at radius 3 is 2.36 bits per heavy atom. The summed E-state index contributed by atoms with van der Waals surface area (Å²) in [6, 6.07) is 23.1. The lowest BCUT2D eigenvalue weighted by Gasteiger charge is -2.35. The number of halogens is 1. The van der Waals surface area contributed by atoms with Crippen LogP contribution in [0, 0.1) is 5.82 Å². The molecule has 1 fully saturated rings. The van der Waals surface area contributed by atoms with Gasteiger partial charge in [-0.05, 0) is 80.3 Å². The van der Waals surface area contributed by atoms with Crippen molar-refractivity contribution in [1.82, 2.24) is 19.8 Å². The number of hydrogen-bond acceptors (Lipinski definition) is 7.